The average molecular weight is 523 g/mol. The van der Waals surface area contributed by atoms with E-state index in [0.717, 1.165) is 17.8 Å². The van der Waals surface area contributed by atoms with Crippen molar-refractivity contribution in [3.8, 4) is 5.88 Å². The summed E-state index contributed by atoms with van der Waals surface area (Å²) >= 11 is 0. The zero-order valence-corrected chi connectivity index (χ0v) is 19.5. The maximum atomic E-state index is 12.7. The quantitative estimate of drug-likeness (QED) is 0.436. The molecule has 0 aliphatic carbocycles. The second-order valence-corrected chi connectivity index (χ2v) is 8.20. The first kappa shape index (κ1) is 27.5. The molecule has 198 valence electrons. The molecule has 0 saturated carbocycles. The Hall–Kier alpha value is -4.07. The number of ether oxygens (including phenoxy) is 1. The van der Waals surface area contributed by atoms with Crippen LogP contribution in [-0.4, -0.2) is 87.3 Å². The van der Waals surface area contributed by atoms with Crippen molar-refractivity contribution < 1.29 is 42.2 Å². The summed E-state index contributed by atoms with van der Waals surface area (Å²) in [7, 11) is 0. The van der Waals surface area contributed by atoms with Crippen molar-refractivity contribution in [1.29, 1.82) is 0 Å². The summed E-state index contributed by atoms with van der Waals surface area (Å²) in [5.41, 5.74) is 0.968. The molecule has 0 unspecified atom stereocenters. The number of amides is 2. The Morgan fingerprint density at radius 3 is 2.51 bits per heavy atom. The minimum Gasteiger partial charge on any atom is -0.481 e. The van der Waals surface area contributed by atoms with Gasteiger partial charge in [0.2, 0.25) is 23.5 Å². The summed E-state index contributed by atoms with van der Waals surface area (Å²) in [5.74, 6) is -5.14. The summed E-state index contributed by atoms with van der Waals surface area (Å²) < 4.78 is 43.2. The number of ketones is 1. The number of benzene rings is 1. The van der Waals surface area contributed by atoms with Crippen molar-refractivity contribution in [2.45, 2.75) is 25.2 Å². The lowest BCUT2D eigenvalue weighted by molar-refractivity contribution is -0.145. The number of halogens is 3. The molecule has 2 amide bonds. The fourth-order valence-corrected chi connectivity index (χ4v) is 3.53. The van der Waals surface area contributed by atoms with E-state index in [4.69, 9.17) is 9.84 Å². The first-order valence-corrected chi connectivity index (χ1v) is 11.1. The van der Waals surface area contributed by atoms with E-state index < -0.39 is 54.6 Å². The van der Waals surface area contributed by atoms with Gasteiger partial charge in [-0.3, -0.25) is 24.1 Å². The van der Waals surface area contributed by atoms with Crippen molar-refractivity contribution >= 4 is 23.6 Å². The van der Waals surface area contributed by atoms with Gasteiger partial charge < -0.3 is 20.1 Å². The van der Waals surface area contributed by atoms with Crippen LogP contribution >= 0.6 is 0 Å². The Labute approximate surface area is 209 Å². The summed E-state index contributed by atoms with van der Waals surface area (Å²) in [5, 5.41) is 11.4. The van der Waals surface area contributed by atoms with Crippen LogP contribution in [0.15, 0.2) is 42.6 Å². The van der Waals surface area contributed by atoms with E-state index in [0.29, 0.717) is 19.6 Å². The van der Waals surface area contributed by atoms with Crippen LogP contribution in [0.2, 0.25) is 0 Å². The van der Waals surface area contributed by atoms with Crippen LogP contribution in [0.4, 0.5) is 13.2 Å². The number of carboxylic acids is 1. The van der Waals surface area contributed by atoms with Crippen LogP contribution in [0.3, 0.4) is 0 Å². The highest BCUT2D eigenvalue weighted by atomic mass is 19.4. The third-order valence-electron chi connectivity index (χ3n) is 5.33. The maximum absolute atomic E-state index is 12.7. The molecule has 1 aromatic carbocycles. The van der Waals surface area contributed by atoms with Crippen LogP contribution in [-0.2, 0) is 31.9 Å². The summed E-state index contributed by atoms with van der Waals surface area (Å²) in [6, 6.07) is 8.91. The molecule has 1 aliphatic heterocycles. The fourth-order valence-electron chi connectivity index (χ4n) is 3.53. The van der Waals surface area contributed by atoms with Gasteiger partial charge in [-0.2, -0.15) is 18.2 Å². The zero-order valence-electron chi connectivity index (χ0n) is 19.5. The predicted molar refractivity (Wildman–Crippen MR) is 120 cm³/mol. The minimum absolute atomic E-state index is 0.0316. The van der Waals surface area contributed by atoms with Crippen molar-refractivity contribution in [3.63, 3.8) is 0 Å². The van der Waals surface area contributed by atoms with Crippen LogP contribution in [0, 0.1) is 0 Å². The van der Waals surface area contributed by atoms with Crippen LogP contribution in [0.25, 0.3) is 0 Å². The Kier molecular flexibility index (Phi) is 9.11. The molecule has 1 saturated heterocycles. The SMILES string of the molecule is O=C(O)C[C@H](NC(=O)CN1CCN(Cc2ccccc2)C(=O)C1)C(=O)COc1ccnc(C(F)(F)F)n1. The Bertz CT molecular complexity index is 1130. The first-order valence-electron chi connectivity index (χ1n) is 11.1. The van der Waals surface area contributed by atoms with E-state index in [1.54, 1.807) is 9.80 Å². The molecule has 3 rings (SSSR count). The summed E-state index contributed by atoms with van der Waals surface area (Å²) in [4.78, 5) is 58.1. The molecule has 2 aromatic rings. The first-order chi connectivity index (χ1) is 17.5. The van der Waals surface area contributed by atoms with E-state index in [1.165, 1.54) is 0 Å². The van der Waals surface area contributed by atoms with E-state index in [1.807, 2.05) is 30.3 Å². The number of alkyl halides is 3. The number of carbonyl (C=O) groups excluding carboxylic acids is 3. The third kappa shape index (κ3) is 8.52. The Morgan fingerprint density at radius 1 is 1.14 bits per heavy atom. The zero-order chi connectivity index (χ0) is 27.0. The highest BCUT2D eigenvalue weighted by Gasteiger charge is 2.35. The number of rotatable bonds is 11. The van der Waals surface area contributed by atoms with E-state index in [2.05, 4.69) is 15.3 Å². The van der Waals surface area contributed by atoms with E-state index >= 15 is 0 Å². The highest BCUT2D eigenvalue weighted by molar-refractivity contribution is 5.93. The van der Waals surface area contributed by atoms with Gasteiger partial charge in [-0.25, -0.2) is 4.98 Å². The lowest BCUT2D eigenvalue weighted by Gasteiger charge is -2.34. The number of aromatic nitrogens is 2. The standard InChI is InChI=1S/C23H24F3N5O6/c24-23(25,26)22-27-7-6-19(29-22)37-14-17(32)16(10-21(35)36)28-18(33)12-30-8-9-31(20(34)13-30)11-15-4-2-1-3-5-15/h1-7,16H,8-14H2,(H,28,33)(H,35,36)/t16-/m0/s1. The molecular weight excluding hydrogens is 499 g/mol. The van der Waals surface area contributed by atoms with E-state index in [9.17, 15) is 32.3 Å². The second kappa shape index (κ2) is 12.3. The molecule has 37 heavy (non-hydrogen) atoms. The smallest absolute Gasteiger partial charge is 0.451 e. The normalized spacial score (nSPS) is 15.2. The van der Waals surface area contributed by atoms with Gasteiger partial charge in [0.25, 0.3) is 0 Å². The monoisotopic (exact) mass is 523 g/mol. The minimum atomic E-state index is -4.82. The number of hydrogen-bond donors (Lipinski definition) is 2. The second-order valence-electron chi connectivity index (χ2n) is 8.20. The Balaban J connectivity index is 1.52. The summed E-state index contributed by atoms with van der Waals surface area (Å²) in [6.45, 7) is 0.0914. The largest absolute Gasteiger partial charge is 0.481 e. The average Bonchev–Trinajstić information content (AvgIpc) is 2.84. The van der Waals surface area contributed by atoms with Gasteiger partial charge in [0.15, 0.2) is 12.4 Å². The third-order valence-corrected chi connectivity index (χ3v) is 5.33. The number of nitrogens with zero attached hydrogens (tertiary/aromatic N) is 4. The number of carboxylic acid groups (broad SMARTS) is 1. The molecule has 11 nitrogen and oxygen atoms in total. The lowest BCUT2D eigenvalue weighted by Crippen LogP contribution is -2.54. The van der Waals surface area contributed by atoms with Crippen molar-refractivity contribution in [1.82, 2.24) is 25.1 Å². The maximum Gasteiger partial charge on any atom is 0.451 e. The van der Waals surface area contributed by atoms with Gasteiger partial charge in [0.1, 0.15) is 6.04 Å². The van der Waals surface area contributed by atoms with Crippen LogP contribution in [0.1, 0.15) is 17.8 Å². The topological polar surface area (TPSA) is 142 Å². The molecule has 14 heteroatoms. The van der Waals surface area contributed by atoms with Crippen LogP contribution in [0.5, 0.6) is 5.88 Å². The number of aliphatic carboxylic acids is 1. The van der Waals surface area contributed by atoms with E-state index in [-0.39, 0.29) is 19.0 Å². The molecule has 0 spiro atoms. The molecule has 2 heterocycles. The van der Waals surface area contributed by atoms with Crippen molar-refractivity contribution in [2.24, 2.45) is 0 Å². The Morgan fingerprint density at radius 2 is 1.86 bits per heavy atom. The molecule has 1 aliphatic rings. The molecule has 0 radical (unpaired) electrons. The molecule has 0 bridgehead atoms. The number of piperazine rings is 1. The van der Waals surface area contributed by atoms with Gasteiger partial charge in [0.05, 0.1) is 19.5 Å². The molecular formula is C23H24F3N5O6. The molecule has 1 fully saturated rings. The lowest BCUT2D eigenvalue weighted by atomic mass is 10.1. The van der Waals surface area contributed by atoms with Crippen molar-refractivity contribution in [2.75, 3.05) is 32.8 Å². The fraction of sp³-hybridized carbons (Fsp3) is 0.391. The van der Waals surface area contributed by atoms with Gasteiger partial charge in [-0.15, -0.1) is 0 Å². The molecule has 2 N–H and O–H groups in total. The van der Waals surface area contributed by atoms with Gasteiger partial charge in [-0.1, -0.05) is 30.3 Å². The molecule has 1 aromatic heterocycles. The molecule has 1 atom stereocenters. The number of hydrogen-bond acceptors (Lipinski definition) is 8. The number of nitrogens with one attached hydrogen (secondary N) is 1. The van der Waals surface area contributed by atoms with Gasteiger partial charge in [0, 0.05) is 31.9 Å². The van der Waals surface area contributed by atoms with Crippen LogP contribution < -0.4 is 10.1 Å². The number of Topliss-reactive ketones (excluding diaryl/α,β-unsaturated/α-hetero) is 1. The number of carbonyl (C=O) groups is 4. The summed E-state index contributed by atoms with van der Waals surface area (Å²) in [6.07, 6.45) is -4.79. The van der Waals surface area contributed by atoms with Gasteiger partial charge >= 0.3 is 12.1 Å². The van der Waals surface area contributed by atoms with Gasteiger partial charge in [-0.05, 0) is 5.56 Å². The predicted octanol–water partition coefficient (Wildman–Crippen LogP) is 0.747. The highest BCUT2D eigenvalue weighted by Crippen LogP contribution is 2.26. The van der Waals surface area contributed by atoms with Crippen molar-refractivity contribution in [3.05, 3.63) is 54.0 Å².